The first-order chi connectivity index (χ1) is 34.6. The highest BCUT2D eigenvalue weighted by molar-refractivity contribution is 5.91. The maximum Gasteiger partial charge on any atom is 0.311 e. The number of carbonyl (C=O) groups excluding carboxylic acids is 4. The molecule has 2 unspecified atom stereocenters. The van der Waals surface area contributed by atoms with Crippen molar-refractivity contribution in [1.82, 2.24) is 4.90 Å². The summed E-state index contributed by atoms with van der Waals surface area (Å²) in [6.07, 6.45) is -12.2. The van der Waals surface area contributed by atoms with Gasteiger partial charge in [-0.25, -0.2) is 0 Å². The van der Waals surface area contributed by atoms with Crippen molar-refractivity contribution in [3.63, 3.8) is 0 Å². The van der Waals surface area contributed by atoms with Crippen molar-refractivity contribution in [2.45, 2.75) is 240 Å². The highest BCUT2D eigenvalue weighted by Gasteiger charge is 2.52. The molecule has 4 fully saturated rings. The number of methoxy groups -OCH3 is 2. The summed E-state index contributed by atoms with van der Waals surface area (Å²) in [5.41, 5.74) is -1.54. The van der Waals surface area contributed by atoms with Crippen LogP contribution < -0.4 is 0 Å². The number of aliphatic hydroxyl groups excluding tert-OH is 2. The van der Waals surface area contributed by atoms with E-state index in [0.29, 0.717) is 18.7 Å². The van der Waals surface area contributed by atoms with E-state index in [1.54, 1.807) is 34.6 Å². The summed E-state index contributed by atoms with van der Waals surface area (Å²) in [6, 6.07) is 0.233. The second-order valence-electron chi connectivity index (χ2n) is 22.7. The maximum atomic E-state index is 15.4. The van der Waals surface area contributed by atoms with Crippen molar-refractivity contribution >= 4 is 29.4 Å². The van der Waals surface area contributed by atoms with Crippen molar-refractivity contribution in [3.05, 3.63) is 0 Å². The molecule has 4 saturated heterocycles. The molecule has 0 radical (unpaired) electrons. The Hall–Kier alpha value is -2.89. The number of ketones is 1. The third-order valence-corrected chi connectivity index (χ3v) is 15.4. The first kappa shape index (κ1) is 63.6. The summed E-state index contributed by atoms with van der Waals surface area (Å²) in [5.74, 6) is -7.78. The van der Waals surface area contributed by atoms with Gasteiger partial charge in [0.2, 0.25) is 0 Å². The lowest BCUT2D eigenvalue weighted by atomic mass is 9.74. The van der Waals surface area contributed by atoms with Crippen molar-refractivity contribution in [2.75, 3.05) is 34.5 Å². The number of carbonyl (C=O) groups is 4. The summed E-state index contributed by atoms with van der Waals surface area (Å²) in [7, 11) is 4.30. The van der Waals surface area contributed by atoms with Gasteiger partial charge >= 0.3 is 17.9 Å². The molecule has 74 heavy (non-hydrogen) atoms. The quantitative estimate of drug-likeness (QED) is 0.108. The average Bonchev–Trinajstić information content (AvgIpc) is 3.46. The van der Waals surface area contributed by atoms with Gasteiger partial charge < -0.3 is 67.2 Å². The lowest BCUT2D eigenvalue weighted by Crippen LogP contribution is -2.59. The van der Waals surface area contributed by atoms with Gasteiger partial charge in [-0.1, -0.05) is 53.6 Å². The topological polar surface area (TPSA) is 235 Å². The Morgan fingerprint density at radius 1 is 0.797 bits per heavy atom. The monoisotopic (exact) mass is 1060 g/mol. The van der Waals surface area contributed by atoms with Gasteiger partial charge in [-0.2, -0.15) is 0 Å². The Kier molecular flexibility index (Phi) is 24.2. The first-order valence-corrected chi connectivity index (χ1v) is 26.9. The van der Waals surface area contributed by atoms with E-state index in [-0.39, 0.29) is 50.0 Å². The standard InChI is InChI=1S/C54H94N2O18/c1-26(2)20-40(58)70-46-34(11)45(29(6)25-66-53-49(64-18)48(63-17)42(59)37(14)69-53)72-51(62)36(13)47(71-41-21-30(7)56(27(3)4)24-32(9)67-41)33(10)44(73-52-43(60)39(55-65-19)22-31(8)68-52)28(5)23-54(16,74-38(15)57)50(61)35(46)12/h26-37,41-49,52-53,59-60H,20-25H2,1-19H3/t28-,29-,30+,31+,32?,33+,34-,35+,36+,37+,41-,42+,43+,44-,45?,46+,47-,48+,49+,52-,53+,54-/m0/s1. The van der Waals surface area contributed by atoms with Gasteiger partial charge in [-0.05, 0) is 73.6 Å². The highest BCUT2D eigenvalue weighted by Crippen LogP contribution is 2.40. The molecule has 0 aromatic carbocycles. The number of Topliss-reactive ketones (excluding diaryl/α,β-unsaturated/α-hetero) is 1. The maximum absolute atomic E-state index is 15.4. The molecule has 4 rings (SSSR count). The molecule has 4 heterocycles. The lowest BCUT2D eigenvalue weighted by molar-refractivity contribution is -0.305. The van der Waals surface area contributed by atoms with Crippen LogP contribution in [0.3, 0.4) is 0 Å². The van der Waals surface area contributed by atoms with Gasteiger partial charge in [0, 0.05) is 76.8 Å². The van der Waals surface area contributed by atoms with E-state index >= 15 is 9.59 Å². The first-order valence-electron chi connectivity index (χ1n) is 26.9. The van der Waals surface area contributed by atoms with Gasteiger partial charge in [-0.15, -0.1) is 0 Å². The Morgan fingerprint density at radius 3 is 2.03 bits per heavy atom. The smallest absolute Gasteiger partial charge is 0.311 e. The fourth-order valence-corrected chi connectivity index (χ4v) is 11.6. The SMILES string of the molecule is CON=C1C[C@@H](C)O[C@@H](O[C@@H]2[C@@H](C)[C@H](O[C@H]3C[C@@H](C)N(C(C)C)CC(C)O3)[C@@H](C)C(=O)OC([C@@H](C)CO[C@@H]3O[C@H](C)[C@@H](O)[C@@H](OC)[C@H]3OC)[C@H](C)[C@@H](OC(=O)CC(C)C)[C@@H](C)C(=O)[C@@](C)(OC(C)=O)C[C@@H]2C)[C@@H]1O. The molecule has 0 spiro atoms. The molecule has 0 saturated carbocycles. The van der Waals surface area contributed by atoms with E-state index in [1.165, 1.54) is 28.3 Å². The third-order valence-electron chi connectivity index (χ3n) is 15.4. The zero-order chi connectivity index (χ0) is 55.7. The average molecular weight is 1060 g/mol. The van der Waals surface area contributed by atoms with E-state index in [9.17, 15) is 19.8 Å². The molecule has 0 amide bonds. The molecular weight excluding hydrogens is 965 g/mol. The summed E-state index contributed by atoms with van der Waals surface area (Å²) in [5, 5.41) is 26.7. The van der Waals surface area contributed by atoms with Crippen molar-refractivity contribution in [2.24, 2.45) is 46.6 Å². The third kappa shape index (κ3) is 16.1. The number of esters is 3. The van der Waals surface area contributed by atoms with Crippen LogP contribution >= 0.6 is 0 Å². The highest BCUT2D eigenvalue weighted by atomic mass is 16.7. The minimum Gasteiger partial charge on any atom is -0.461 e. The fourth-order valence-electron chi connectivity index (χ4n) is 11.6. The Labute approximate surface area is 440 Å². The number of aliphatic hydroxyl groups is 2. The van der Waals surface area contributed by atoms with Crippen LogP contribution in [0.25, 0.3) is 0 Å². The number of ether oxygens (including phenoxy) is 11. The van der Waals surface area contributed by atoms with E-state index in [2.05, 4.69) is 30.8 Å². The predicted octanol–water partition coefficient (Wildman–Crippen LogP) is 5.62. The molecule has 4 aliphatic rings. The number of cyclic esters (lactones) is 1. The summed E-state index contributed by atoms with van der Waals surface area (Å²) < 4.78 is 69.9. The largest absolute Gasteiger partial charge is 0.461 e. The van der Waals surface area contributed by atoms with Crippen molar-refractivity contribution < 1.29 is 86.3 Å². The zero-order valence-electron chi connectivity index (χ0n) is 47.8. The number of nitrogens with zero attached hydrogens (tertiary/aromatic N) is 2. The number of hydrogen-bond acceptors (Lipinski definition) is 20. The molecule has 22 atom stereocenters. The van der Waals surface area contributed by atoms with Crippen LogP contribution in [0.2, 0.25) is 0 Å². The van der Waals surface area contributed by atoms with Crippen LogP contribution in [0.1, 0.15) is 136 Å². The number of oxime groups is 1. The number of hydrogen-bond donors (Lipinski definition) is 2. The van der Waals surface area contributed by atoms with Gasteiger partial charge in [-0.3, -0.25) is 24.1 Å². The Bertz CT molecular complexity index is 1840. The van der Waals surface area contributed by atoms with Crippen LogP contribution in [0.5, 0.6) is 0 Å². The Morgan fingerprint density at radius 2 is 1.45 bits per heavy atom. The lowest BCUT2D eigenvalue weighted by Gasteiger charge is -2.45. The van der Waals surface area contributed by atoms with Gasteiger partial charge in [0.1, 0.15) is 43.7 Å². The van der Waals surface area contributed by atoms with Crippen molar-refractivity contribution in [3.8, 4) is 0 Å². The number of rotatable bonds is 16. The second kappa shape index (κ2) is 28.1. The van der Waals surface area contributed by atoms with Crippen LogP contribution in [0.15, 0.2) is 5.16 Å². The summed E-state index contributed by atoms with van der Waals surface area (Å²) >= 11 is 0. The summed E-state index contributed by atoms with van der Waals surface area (Å²) in [6.45, 7) is 29.5. The molecule has 0 aromatic rings. The fraction of sp³-hybridized carbons (Fsp3) is 0.907. The van der Waals surface area contributed by atoms with Crippen LogP contribution in [-0.4, -0.2) is 183 Å². The zero-order valence-corrected chi connectivity index (χ0v) is 47.8. The molecule has 4 aliphatic heterocycles. The molecule has 20 nitrogen and oxygen atoms in total. The van der Waals surface area contributed by atoms with Crippen molar-refractivity contribution in [1.29, 1.82) is 0 Å². The second-order valence-corrected chi connectivity index (χ2v) is 22.7. The van der Waals surface area contributed by atoms with Crippen LogP contribution in [0.4, 0.5) is 0 Å². The minimum atomic E-state index is -1.84. The molecule has 0 aliphatic carbocycles. The van der Waals surface area contributed by atoms with Gasteiger partial charge in [0.05, 0.1) is 54.7 Å². The molecule has 0 bridgehead atoms. The molecule has 428 valence electrons. The van der Waals surface area contributed by atoms with Gasteiger partial charge in [0.25, 0.3) is 0 Å². The van der Waals surface area contributed by atoms with E-state index in [0.717, 1.165) is 0 Å². The minimum absolute atomic E-state index is 0.0212. The van der Waals surface area contributed by atoms with Crippen LogP contribution in [-0.2, 0) is 76.1 Å². The van der Waals surface area contributed by atoms with E-state index in [1.807, 2.05) is 48.5 Å². The van der Waals surface area contributed by atoms with Crippen LogP contribution in [0, 0.1) is 41.4 Å². The predicted molar refractivity (Wildman–Crippen MR) is 271 cm³/mol. The Balaban J connectivity index is 1.95. The molecule has 2 N–H and O–H groups in total. The molecule has 0 aromatic heterocycles. The van der Waals surface area contributed by atoms with E-state index < -0.39 is 145 Å². The van der Waals surface area contributed by atoms with Gasteiger partial charge in [0.15, 0.2) is 30.3 Å². The molecule has 20 heteroatoms. The normalized spacial score (nSPS) is 41.5. The summed E-state index contributed by atoms with van der Waals surface area (Å²) in [4.78, 5) is 65.2. The molecular formula is C54H94N2O18. The van der Waals surface area contributed by atoms with E-state index in [4.69, 9.17) is 56.9 Å².